The molecule has 13 heteroatoms. The van der Waals surface area contributed by atoms with Gasteiger partial charge in [0.2, 0.25) is 5.75 Å². The fourth-order valence-electron chi connectivity index (χ4n) is 5.02. The van der Waals surface area contributed by atoms with Gasteiger partial charge in [-0.05, 0) is 65.6 Å². The summed E-state index contributed by atoms with van der Waals surface area (Å²) in [6.07, 6.45) is -2.44. The van der Waals surface area contributed by atoms with Crippen molar-refractivity contribution in [2.24, 2.45) is 11.3 Å². The third-order valence-electron chi connectivity index (χ3n) is 7.51. The fourth-order valence-corrected chi connectivity index (χ4v) is 5.36. The summed E-state index contributed by atoms with van der Waals surface area (Å²) in [5, 5.41) is 7.57. The quantitative estimate of drug-likeness (QED) is 0.265. The van der Waals surface area contributed by atoms with Crippen molar-refractivity contribution in [3.05, 3.63) is 64.4 Å². The first-order chi connectivity index (χ1) is 19.9. The lowest BCUT2D eigenvalue weighted by Crippen LogP contribution is -2.29. The molecule has 0 unspecified atom stereocenters. The minimum atomic E-state index is -4.60. The number of hydrogen-bond donors (Lipinski definition) is 2. The van der Waals surface area contributed by atoms with Gasteiger partial charge >= 0.3 is 6.18 Å². The second kappa shape index (κ2) is 12.0. The van der Waals surface area contributed by atoms with E-state index >= 15 is 0 Å². The van der Waals surface area contributed by atoms with Crippen LogP contribution in [0, 0.1) is 11.3 Å². The van der Waals surface area contributed by atoms with Gasteiger partial charge in [-0.2, -0.15) is 18.2 Å². The molecule has 3 heterocycles. The van der Waals surface area contributed by atoms with Gasteiger partial charge in [0.1, 0.15) is 18.7 Å². The first-order valence-electron chi connectivity index (χ1n) is 13.3. The van der Waals surface area contributed by atoms with Crippen molar-refractivity contribution in [1.29, 1.82) is 0 Å². The highest BCUT2D eigenvalue weighted by molar-refractivity contribution is 7.79. The van der Waals surface area contributed by atoms with Crippen LogP contribution in [0.25, 0.3) is 0 Å². The number of fused-ring (bicyclic) bond motifs is 1. The number of nitrogens with zero attached hydrogens (tertiary/aromatic N) is 3. The molecule has 2 aromatic carbocycles. The van der Waals surface area contributed by atoms with Crippen LogP contribution in [-0.4, -0.2) is 52.4 Å². The maximum absolute atomic E-state index is 14.1. The average Bonchev–Trinajstić information content (AvgIpc) is 3.44. The third kappa shape index (κ3) is 6.61. The Balaban J connectivity index is 1.32. The molecule has 42 heavy (non-hydrogen) atoms. The number of anilines is 2. The van der Waals surface area contributed by atoms with E-state index in [-0.39, 0.29) is 51.3 Å². The second-order valence-electron chi connectivity index (χ2n) is 10.9. The van der Waals surface area contributed by atoms with E-state index in [1.807, 2.05) is 4.90 Å². The molecule has 1 fully saturated rings. The molecule has 222 valence electrons. The van der Waals surface area contributed by atoms with Crippen molar-refractivity contribution in [3.63, 3.8) is 0 Å². The molecule has 0 saturated carbocycles. The topological polar surface area (TPSA) is 88.6 Å². The fraction of sp³-hybridized carbons (Fsp3) is 0.379. The van der Waals surface area contributed by atoms with E-state index in [0.717, 1.165) is 12.5 Å². The Labute approximate surface area is 251 Å². The molecule has 8 nitrogen and oxygen atoms in total. The third-order valence-corrected chi connectivity index (χ3v) is 8.43. The predicted molar refractivity (Wildman–Crippen MR) is 158 cm³/mol. The molecule has 2 aliphatic heterocycles. The molecule has 5 rings (SSSR count). The number of aromatic nitrogens is 2. The minimum Gasteiger partial charge on any atom is -0.483 e. The number of halogens is 4. The van der Waals surface area contributed by atoms with Crippen LogP contribution in [0.2, 0.25) is 5.02 Å². The Kier molecular flexibility index (Phi) is 8.58. The Morgan fingerprint density at radius 1 is 1.26 bits per heavy atom. The van der Waals surface area contributed by atoms with Crippen molar-refractivity contribution in [2.45, 2.75) is 33.0 Å². The molecular weight excluding hydrogens is 591 g/mol. The Morgan fingerprint density at radius 2 is 2.07 bits per heavy atom. The van der Waals surface area contributed by atoms with Crippen molar-refractivity contribution < 1.29 is 27.4 Å². The van der Waals surface area contributed by atoms with Crippen LogP contribution in [0.3, 0.4) is 0 Å². The summed E-state index contributed by atoms with van der Waals surface area (Å²) in [5.41, 5.74) is -0.678. The average molecular weight is 620 g/mol. The number of likely N-dealkylation sites (tertiary alicyclic amines) is 1. The van der Waals surface area contributed by atoms with Crippen LogP contribution in [-0.2, 0) is 12.7 Å². The largest absolute Gasteiger partial charge is 0.483 e. The number of hydrogen-bond acceptors (Lipinski definition) is 8. The molecule has 0 aliphatic carbocycles. The lowest BCUT2D eigenvalue weighted by Gasteiger charge is -2.27. The Hall–Kier alpha value is -3.48. The number of rotatable bonds is 8. The second-order valence-corrected chi connectivity index (χ2v) is 11.5. The lowest BCUT2D eigenvalue weighted by molar-refractivity contribution is -0.138. The van der Waals surface area contributed by atoms with Gasteiger partial charge in [0.15, 0.2) is 5.82 Å². The van der Waals surface area contributed by atoms with Crippen LogP contribution in [0.15, 0.2) is 42.7 Å². The number of carbonyl (C=O) groups excluding carboxylic acids is 1. The van der Waals surface area contributed by atoms with Gasteiger partial charge in [-0.3, -0.25) is 9.69 Å². The zero-order chi connectivity index (χ0) is 30.1. The minimum absolute atomic E-state index is 0.0129. The monoisotopic (exact) mass is 619 g/mol. The van der Waals surface area contributed by atoms with E-state index in [4.69, 9.17) is 33.3 Å². The molecule has 0 radical (unpaired) electrons. The number of nitrogens with one attached hydrogen (secondary N) is 2. The first-order valence-corrected chi connectivity index (χ1v) is 14.2. The molecule has 0 spiro atoms. The van der Waals surface area contributed by atoms with E-state index in [1.165, 1.54) is 36.7 Å². The summed E-state index contributed by atoms with van der Waals surface area (Å²) >= 11 is 11.5. The van der Waals surface area contributed by atoms with Gasteiger partial charge in [0.25, 0.3) is 11.8 Å². The van der Waals surface area contributed by atoms with Crippen LogP contribution < -0.4 is 20.1 Å². The van der Waals surface area contributed by atoms with E-state index in [0.29, 0.717) is 37.8 Å². The molecule has 2 aliphatic rings. The zero-order valence-electron chi connectivity index (χ0n) is 22.9. The SMILES string of the molecule is CC(C)(C=S)[C@H]1CCN(Cc2ccc(NC(=O)c3ccc(Cl)c(Oc4ncnc5c4OCCN5)c3)cc2C(F)(F)F)C1. The standard InChI is InChI=1S/C29H29ClF3N5O3S/c1-28(2,15-42)19-7-9-38(14-19)13-18-3-5-20(12-21(18)29(31,32)33)37-26(39)17-4-6-22(30)23(11-17)41-27-24-25(35-16-36-27)34-8-10-40-24/h3-6,11-12,15-16,19H,7-10,13-14H2,1-2H3,(H,37,39)(H,34,35,36)/t19-/m0/s1. The predicted octanol–water partition coefficient (Wildman–Crippen LogP) is 6.85. The van der Waals surface area contributed by atoms with Crippen LogP contribution in [0.4, 0.5) is 24.7 Å². The van der Waals surface area contributed by atoms with Crippen molar-refractivity contribution in [3.8, 4) is 17.4 Å². The van der Waals surface area contributed by atoms with E-state index in [1.54, 1.807) is 5.37 Å². The molecule has 1 saturated heterocycles. The molecular formula is C29H29ClF3N5O3S. The number of alkyl halides is 3. The first kappa shape index (κ1) is 30.0. The number of amides is 1. The van der Waals surface area contributed by atoms with Crippen LogP contribution in [0.1, 0.15) is 41.8 Å². The number of thiocarbonyl (C=S) groups is 1. The van der Waals surface area contributed by atoms with Crippen LogP contribution in [0.5, 0.6) is 17.4 Å². The summed E-state index contributed by atoms with van der Waals surface area (Å²) in [6.45, 7) is 6.57. The Morgan fingerprint density at radius 3 is 2.83 bits per heavy atom. The maximum Gasteiger partial charge on any atom is 0.416 e. The van der Waals surface area contributed by atoms with Gasteiger partial charge in [0, 0.05) is 24.3 Å². The highest BCUT2D eigenvalue weighted by atomic mass is 35.5. The number of benzene rings is 2. The van der Waals surface area contributed by atoms with Crippen molar-refractivity contribution in [2.75, 3.05) is 36.9 Å². The van der Waals surface area contributed by atoms with Gasteiger partial charge in [-0.25, -0.2) is 4.98 Å². The molecule has 1 aromatic heterocycles. The maximum atomic E-state index is 14.1. The van der Waals surface area contributed by atoms with Gasteiger partial charge in [0.05, 0.1) is 17.1 Å². The summed E-state index contributed by atoms with van der Waals surface area (Å²) in [6, 6.07) is 8.14. The van der Waals surface area contributed by atoms with Gasteiger partial charge in [-0.1, -0.05) is 43.7 Å². The molecule has 1 amide bonds. The molecule has 2 N–H and O–H groups in total. The number of carbonyl (C=O) groups is 1. The van der Waals surface area contributed by atoms with Crippen molar-refractivity contribution >= 4 is 46.6 Å². The van der Waals surface area contributed by atoms with E-state index < -0.39 is 17.6 Å². The normalized spacial score (nSPS) is 17.1. The number of ether oxygens (including phenoxy) is 2. The zero-order valence-corrected chi connectivity index (χ0v) is 24.5. The Bertz CT molecular complexity index is 1500. The summed E-state index contributed by atoms with van der Waals surface area (Å²) < 4.78 is 53.7. The van der Waals surface area contributed by atoms with E-state index in [9.17, 15) is 18.0 Å². The summed E-state index contributed by atoms with van der Waals surface area (Å²) in [4.78, 5) is 23.3. The smallest absolute Gasteiger partial charge is 0.416 e. The van der Waals surface area contributed by atoms with Crippen LogP contribution >= 0.6 is 23.8 Å². The molecule has 0 bridgehead atoms. The van der Waals surface area contributed by atoms with Crippen molar-refractivity contribution in [1.82, 2.24) is 14.9 Å². The summed E-state index contributed by atoms with van der Waals surface area (Å²) in [5.74, 6) is 0.633. The molecule has 1 atom stereocenters. The highest BCUT2D eigenvalue weighted by Crippen LogP contribution is 2.39. The summed E-state index contributed by atoms with van der Waals surface area (Å²) in [7, 11) is 0. The van der Waals surface area contributed by atoms with Gasteiger partial charge < -0.3 is 20.1 Å². The highest BCUT2D eigenvalue weighted by Gasteiger charge is 2.37. The van der Waals surface area contributed by atoms with E-state index in [2.05, 4.69) is 34.4 Å². The lowest BCUT2D eigenvalue weighted by atomic mass is 9.80. The molecule has 3 aromatic rings. The van der Waals surface area contributed by atoms with Gasteiger partial charge in [-0.15, -0.1) is 0 Å².